The quantitative estimate of drug-likeness (QED) is 0.289. The molecule has 0 aromatic rings. The molecule has 2 aliphatic rings. The van der Waals surface area contributed by atoms with Gasteiger partial charge in [0, 0.05) is 78.5 Å². The van der Waals surface area contributed by atoms with Crippen molar-refractivity contribution in [3.05, 3.63) is 0 Å². The standard InChI is InChI=1S/C19H34N6O7/c26-16(27)13-22-5-3-21(11-12-25-2-1-20-19(25)32)4-6-23(14-17(28)29)8-10-24(9-7-22)15-18(30)31/h1-15H2,(H,20,32)(H,26,27)(H,28,29)(H,30,31). The van der Waals surface area contributed by atoms with Crippen LogP contribution in [-0.4, -0.2) is 162 Å². The molecule has 2 rings (SSSR count). The van der Waals surface area contributed by atoms with E-state index in [0.29, 0.717) is 78.5 Å². The molecule has 0 spiro atoms. The fourth-order valence-corrected chi connectivity index (χ4v) is 3.84. The Kier molecular flexibility index (Phi) is 10.6. The first-order chi connectivity index (χ1) is 15.2. The van der Waals surface area contributed by atoms with Crippen LogP contribution in [0.3, 0.4) is 0 Å². The zero-order valence-corrected chi connectivity index (χ0v) is 18.3. The summed E-state index contributed by atoms with van der Waals surface area (Å²) in [6, 6.07) is -0.0992. The lowest BCUT2D eigenvalue weighted by molar-refractivity contribution is -0.140. The van der Waals surface area contributed by atoms with E-state index in [-0.39, 0.29) is 25.7 Å². The molecule has 182 valence electrons. The lowest BCUT2D eigenvalue weighted by atomic mass is 10.3. The van der Waals surface area contributed by atoms with Crippen molar-refractivity contribution in [2.75, 3.05) is 98.2 Å². The monoisotopic (exact) mass is 458 g/mol. The molecule has 4 N–H and O–H groups in total. The van der Waals surface area contributed by atoms with Gasteiger partial charge in [-0.15, -0.1) is 0 Å². The van der Waals surface area contributed by atoms with Crippen molar-refractivity contribution in [3.8, 4) is 0 Å². The number of carbonyl (C=O) groups is 4. The Labute approximate surface area is 187 Å². The normalized spacial score (nSPS) is 21.0. The number of amides is 2. The molecule has 0 aromatic carbocycles. The predicted molar refractivity (Wildman–Crippen MR) is 114 cm³/mol. The van der Waals surface area contributed by atoms with Gasteiger partial charge in [0.15, 0.2) is 0 Å². The first-order valence-corrected chi connectivity index (χ1v) is 10.8. The number of nitrogens with zero attached hydrogens (tertiary/aromatic N) is 5. The molecule has 0 atom stereocenters. The number of carboxylic acids is 3. The molecule has 32 heavy (non-hydrogen) atoms. The van der Waals surface area contributed by atoms with E-state index in [1.807, 2.05) is 0 Å². The first kappa shape index (κ1) is 25.8. The van der Waals surface area contributed by atoms with Crippen LogP contribution >= 0.6 is 0 Å². The zero-order valence-electron chi connectivity index (χ0n) is 18.3. The van der Waals surface area contributed by atoms with Crippen LogP contribution in [0.5, 0.6) is 0 Å². The highest BCUT2D eigenvalue weighted by Crippen LogP contribution is 2.03. The number of carboxylic acid groups (broad SMARTS) is 3. The number of hydrogen-bond acceptors (Lipinski definition) is 8. The van der Waals surface area contributed by atoms with Crippen LogP contribution in [0.25, 0.3) is 0 Å². The van der Waals surface area contributed by atoms with Gasteiger partial charge in [-0.1, -0.05) is 0 Å². The Balaban J connectivity index is 2.06. The van der Waals surface area contributed by atoms with Crippen molar-refractivity contribution in [2.45, 2.75) is 0 Å². The van der Waals surface area contributed by atoms with Crippen LogP contribution < -0.4 is 5.32 Å². The van der Waals surface area contributed by atoms with E-state index in [4.69, 9.17) is 0 Å². The molecule has 2 heterocycles. The largest absolute Gasteiger partial charge is 0.480 e. The highest BCUT2D eigenvalue weighted by atomic mass is 16.4. The van der Waals surface area contributed by atoms with Crippen LogP contribution in [0.2, 0.25) is 0 Å². The summed E-state index contributed by atoms with van der Waals surface area (Å²) in [5.41, 5.74) is 0. The Hall–Kier alpha value is -2.48. The average molecular weight is 459 g/mol. The molecule has 0 aliphatic carbocycles. The number of aliphatic carboxylic acids is 3. The Morgan fingerprint density at radius 3 is 1.31 bits per heavy atom. The summed E-state index contributed by atoms with van der Waals surface area (Å²) in [5.74, 6) is -2.88. The van der Waals surface area contributed by atoms with Crippen molar-refractivity contribution in [2.24, 2.45) is 0 Å². The van der Waals surface area contributed by atoms with Gasteiger partial charge < -0.3 is 25.5 Å². The third-order valence-corrected chi connectivity index (χ3v) is 5.64. The Bertz CT molecular complexity index is 632. The number of nitrogens with one attached hydrogen (secondary N) is 1. The van der Waals surface area contributed by atoms with E-state index < -0.39 is 17.9 Å². The number of carbonyl (C=O) groups excluding carboxylic acids is 1. The maximum absolute atomic E-state index is 11.8. The van der Waals surface area contributed by atoms with Crippen LogP contribution in [0.4, 0.5) is 4.79 Å². The Morgan fingerprint density at radius 2 is 1.00 bits per heavy atom. The summed E-state index contributed by atoms with van der Waals surface area (Å²) in [5, 5.41) is 30.4. The van der Waals surface area contributed by atoms with Gasteiger partial charge in [-0.3, -0.25) is 34.0 Å². The average Bonchev–Trinajstić information content (AvgIpc) is 3.11. The minimum atomic E-state index is -0.983. The van der Waals surface area contributed by atoms with E-state index in [1.165, 1.54) is 0 Å². The van der Waals surface area contributed by atoms with Crippen LogP contribution in [-0.2, 0) is 14.4 Å². The lowest BCUT2D eigenvalue weighted by Gasteiger charge is -2.33. The summed E-state index contributed by atoms with van der Waals surface area (Å²) >= 11 is 0. The van der Waals surface area contributed by atoms with Gasteiger partial charge in [-0.05, 0) is 0 Å². The summed E-state index contributed by atoms with van der Waals surface area (Å²) < 4.78 is 0. The van der Waals surface area contributed by atoms with Crippen molar-refractivity contribution in [3.63, 3.8) is 0 Å². The summed E-state index contributed by atoms with van der Waals surface area (Å²) in [6.45, 7) is 5.49. The summed E-state index contributed by atoms with van der Waals surface area (Å²) in [7, 11) is 0. The fraction of sp³-hybridized carbons (Fsp3) is 0.789. The highest BCUT2D eigenvalue weighted by molar-refractivity contribution is 5.76. The van der Waals surface area contributed by atoms with Gasteiger partial charge in [0.2, 0.25) is 0 Å². The number of rotatable bonds is 9. The van der Waals surface area contributed by atoms with Crippen LogP contribution in [0.15, 0.2) is 0 Å². The molecule has 0 unspecified atom stereocenters. The van der Waals surface area contributed by atoms with Gasteiger partial charge in [0.25, 0.3) is 0 Å². The highest BCUT2D eigenvalue weighted by Gasteiger charge is 2.22. The summed E-state index contributed by atoms with van der Waals surface area (Å²) in [4.78, 5) is 54.7. The van der Waals surface area contributed by atoms with Gasteiger partial charge >= 0.3 is 23.9 Å². The Morgan fingerprint density at radius 1 is 0.625 bits per heavy atom. The number of urea groups is 1. The molecule has 0 saturated carbocycles. The van der Waals surface area contributed by atoms with E-state index in [1.54, 1.807) is 19.6 Å². The van der Waals surface area contributed by atoms with E-state index in [2.05, 4.69) is 10.2 Å². The van der Waals surface area contributed by atoms with Crippen molar-refractivity contribution >= 4 is 23.9 Å². The smallest absolute Gasteiger partial charge is 0.317 e. The molecule has 2 aliphatic heterocycles. The second-order valence-corrected chi connectivity index (χ2v) is 8.07. The minimum absolute atomic E-state index is 0.0992. The van der Waals surface area contributed by atoms with Crippen molar-refractivity contribution < 1.29 is 34.5 Å². The molecule has 0 aromatic heterocycles. The minimum Gasteiger partial charge on any atom is -0.480 e. The first-order valence-electron chi connectivity index (χ1n) is 10.8. The molecular weight excluding hydrogens is 424 g/mol. The van der Waals surface area contributed by atoms with Gasteiger partial charge in [-0.2, -0.15) is 0 Å². The van der Waals surface area contributed by atoms with E-state index in [9.17, 15) is 34.5 Å². The molecule has 13 nitrogen and oxygen atoms in total. The molecule has 0 radical (unpaired) electrons. The van der Waals surface area contributed by atoms with Gasteiger partial charge in [0.1, 0.15) is 0 Å². The SMILES string of the molecule is O=C(O)CN1CCN(CCN2CCNC2=O)CCN(CC(=O)O)CCN(CC(=O)O)CC1. The van der Waals surface area contributed by atoms with Crippen molar-refractivity contribution in [1.82, 2.24) is 29.8 Å². The zero-order chi connectivity index (χ0) is 23.5. The van der Waals surface area contributed by atoms with E-state index >= 15 is 0 Å². The van der Waals surface area contributed by atoms with Gasteiger partial charge in [0.05, 0.1) is 19.6 Å². The van der Waals surface area contributed by atoms with Gasteiger partial charge in [-0.25, -0.2) is 4.79 Å². The topological polar surface area (TPSA) is 157 Å². The second kappa shape index (κ2) is 13.2. The molecule has 0 bridgehead atoms. The molecule has 2 fully saturated rings. The lowest BCUT2D eigenvalue weighted by Crippen LogP contribution is -2.49. The maximum Gasteiger partial charge on any atom is 0.317 e. The fourth-order valence-electron chi connectivity index (χ4n) is 3.84. The van der Waals surface area contributed by atoms with E-state index in [0.717, 1.165) is 0 Å². The van der Waals surface area contributed by atoms with Crippen molar-refractivity contribution in [1.29, 1.82) is 0 Å². The molecular formula is C19H34N6O7. The second-order valence-electron chi connectivity index (χ2n) is 8.07. The van der Waals surface area contributed by atoms with Crippen LogP contribution in [0, 0.1) is 0 Å². The number of hydrogen-bond donors (Lipinski definition) is 4. The maximum atomic E-state index is 11.8. The third kappa shape index (κ3) is 9.77. The molecule has 2 saturated heterocycles. The van der Waals surface area contributed by atoms with Crippen LogP contribution in [0.1, 0.15) is 0 Å². The molecule has 2 amide bonds. The summed E-state index contributed by atoms with van der Waals surface area (Å²) in [6.07, 6.45) is 0. The predicted octanol–water partition coefficient (Wildman–Crippen LogP) is -2.51. The third-order valence-electron chi connectivity index (χ3n) is 5.64. The molecule has 13 heteroatoms.